The Labute approximate surface area is 176 Å². The molecular weight excluding hydrogens is 374 g/mol. The number of carbonyl (C=O) groups excluding carboxylic acids is 1. The zero-order valence-corrected chi connectivity index (χ0v) is 17.2. The number of carbonyl (C=O) groups is 1. The minimum atomic E-state index is -0.151. The summed E-state index contributed by atoms with van der Waals surface area (Å²) in [5, 5.41) is 7.76. The van der Waals surface area contributed by atoms with Crippen LogP contribution in [0.3, 0.4) is 0 Å². The number of rotatable bonds is 7. The van der Waals surface area contributed by atoms with E-state index < -0.39 is 0 Å². The molecule has 2 heterocycles. The molecule has 2 aromatic carbocycles. The van der Waals surface area contributed by atoms with Crippen LogP contribution >= 0.6 is 0 Å². The van der Waals surface area contributed by atoms with Gasteiger partial charge in [0.15, 0.2) is 5.76 Å². The van der Waals surface area contributed by atoms with Crippen molar-refractivity contribution in [3.63, 3.8) is 0 Å². The van der Waals surface area contributed by atoms with E-state index in [4.69, 9.17) is 4.42 Å². The van der Waals surface area contributed by atoms with Crippen molar-refractivity contribution < 1.29 is 9.21 Å². The summed E-state index contributed by atoms with van der Waals surface area (Å²) >= 11 is 0. The minimum absolute atomic E-state index is 0.0335. The monoisotopic (exact) mass is 399 g/mol. The molecule has 0 aliphatic heterocycles. The number of hydrogen-bond donors (Lipinski definition) is 1. The number of furan rings is 1. The van der Waals surface area contributed by atoms with E-state index in [1.165, 1.54) is 5.56 Å². The molecule has 4 aromatic rings. The van der Waals surface area contributed by atoms with E-state index in [1.54, 1.807) is 10.7 Å². The molecule has 30 heavy (non-hydrogen) atoms. The smallest absolute Gasteiger partial charge is 0.270 e. The molecule has 0 saturated heterocycles. The van der Waals surface area contributed by atoms with Crippen molar-refractivity contribution in [2.75, 3.05) is 0 Å². The predicted octanol–water partition coefficient (Wildman–Crippen LogP) is 5.19. The molecule has 152 valence electrons. The van der Waals surface area contributed by atoms with E-state index >= 15 is 0 Å². The Kier molecular flexibility index (Phi) is 5.80. The summed E-state index contributed by atoms with van der Waals surface area (Å²) < 4.78 is 7.39. The van der Waals surface area contributed by atoms with Crippen LogP contribution in [-0.2, 0) is 6.42 Å². The first kappa shape index (κ1) is 19.7. The molecule has 1 atom stereocenters. The largest absolute Gasteiger partial charge is 0.460 e. The summed E-state index contributed by atoms with van der Waals surface area (Å²) in [5.74, 6) is 1.30. The van der Waals surface area contributed by atoms with Gasteiger partial charge in [-0.1, -0.05) is 48.5 Å². The summed E-state index contributed by atoms with van der Waals surface area (Å²) in [4.78, 5) is 13.1. The van der Waals surface area contributed by atoms with E-state index in [1.807, 2.05) is 74.5 Å². The van der Waals surface area contributed by atoms with Gasteiger partial charge in [0.25, 0.3) is 5.91 Å². The lowest BCUT2D eigenvalue weighted by Gasteiger charge is -2.14. The van der Waals surface area contributed by atoms with Crippen molar-refractivity contribution in [1.82, 2.24) is 15.1 Å². The molecule has 0 radical (unpaired) electrons. The van der Waals surface area contributed by atoms with E-state index in [2.05, 4.69) is 22.5 Å². The summed E-state index contributed by atoms with van der Waals surface area (Å²) in [6.45, 7) is 3.92. The van der Waals surface area contributed by atoms with Gasteiger partial charge in [0.05, 0.1) is 5.69 Å². The molecule has 2 aromatic heterocycles. The van der Waals surface area contributed by atoms with E-state index in [0.717, 1.165) is 24.3 Å². The highest BCUT2D eigenvalue weighted by atomic mass is 16.3. The highest BCUT2D eigenvalue weighted by Gasteiger charge is 2.20. The second-order valence-corrected chi connectivity index (χ2v) is 7.47. The molecule has 1 amide bonds. The minimum Gasteiger partial charge on any atom is -0.460 e. The normalized spacial score (nSPS) is 11.9. The number of nitrogens with zero attached hydrogens (tertiary/aromatic N) is 2. The van der Waals surface area contributed by atoms with Crippen molar-refractivity contribution in [3.8, 4) is 17.1 Å². The predicted molar refractivity (Wildman–Crippen MR) is 118 cm³/mol. The molecule has 0 saturated carbocycles. The third-order valence-electron chi connectivity index (χ3n) is 5.02. The second kappa shape index (κ2) is 8.82. The molecule has 0 aliphatic carbocycles. The van der Waals surface area contributed by atoms with Crippen LogP contribution in [0.25, 0.3) is 17.1 Å². The highest BCUT2D eigenvalue weighted by Crippen LogP contribution is 2.24. The molecular formula is C25H25N3O2. The van der Waals surface area contributed by atoms with Gasteiger partial charge in [-0.05, 0) is 56.5 Å². The number of aromatic nitrogens is 2. The molecule has 4 rings (SSSR count). The fourth-order valence-corrected chi connectivity index (χ4v) is 3.40. The zero-order valence-electron chi connectivity index (χ0n) is 17.2. The Hall–Kier alpha value is -3.60. The van der Waals surface area contributed by atoms with Gasteiger partial charge in [0, 0.05) is 12.1 Å². The van der Waals surface area contributed by atoms with Gasteiger partial charge in [-0.2, -0.15) is 5.10 Å². The summed E-state index contributed by atoms with van der Waals surface area (Å²) in [6, 6.07) is 25.5. The van der Waals surface area contributed by atoms with Crippen molar-refractivity contribution in [2.24, 2.45) is 0 Å². The van der Waals surface area contributed by atoms with Crippen molar-refractivity contribution in [1.29, 1.82) is 0 Å². The maximum absolute atomic E-state index is 13.1. The van der Waals surface area contributed by atoms with Crippen molar-refractivity contribution in [3.05, 3.63) is 95.9 Å². The molecule has 0 spiro atoms. The van der Waals surface area contributed by atoms with Crippen LogP contribution in [0, 0.1) is 6.92 Å². The van der Waals surface area contributed by atoms with Gasteiger partial charge in [-0.25, -0.2) is 4.68 Å². The van der Waals surface area contributed by atoms with Crippen LogP contribution < -0.4 is 5.32 Å². The number of nitrogens with one attached hydrogen (secondary N) is 1. The first-order valence-electron chi connectivity index (χ1n) is 10.2. The molecule has 5 heteroatoms. The number of hydrogen-bond acceptors (Lipinski definition) is 3. The lowest BCUT2D eigenvalue weighted by atomic mass is 10.1. The SMILES string of the molecule is Cc1ccc(-c2cc(C(=O)N[C@@H](C)CCc3ccccc3)n(-c3ccccc3)n2)o1. The van der Waals surface area contributed by atoms with Gasteiger partial charge in [0.2, 0.25) is 0 Å². The van der Waals surface area contributed by atoms with Crippen molar-refractivity contribution >= 4 is 5.91 Å². The van der Waals surface area contributed by atoms with Crippen LogP contribution in [0.4, 0.5) is 0 Å². The topological polar surface area (TPSA) is 60.1 Å². The maximum Gasteiger partial charge on any atom is 0.270 e. The summed E-state index contributed by atoms with van der Waals surface area (Å²) in [6.07, 6.45) is 1.77. The molecule has 0 unspecified atom stereocenters. The first-order chi connectivity index (χ1) is 14.6. The van der Waals surface area contributed by atoms with Gasteiger partial charge in [0.1, 0.15) is 17.1 Å². The Balaban J connectivity index is 1.55. The number of para-hydroxylation sites is 1. The Morgan fingerprint density at radius 3 is 2.40 bits per heavy atom. The van der Waals surface area contributed by atoms with Crippen molar-refractivity contribution in [2.45, 2.75) is 32.7 Å². The molecule has 0 fully saturated rings. The third kappa shape index (κ3) is 4.51. The van der Waals surface area contributed by atoms with E-state index in [9.17, 15) is 4.79 Å². The molecule has 5 nitrogen and oxygen atoms in total. The average molecular weight is 399 g/mol. The lowest BCUT2D eigenvalue weighted by molar-refractivity contribution is 0.0930. The van der Waals surface area contributed by atoms with E-state index in [-0.39, 0.29) is 11.9 Å². The Bertz CT molecular complexity index is 1110. The summed E-state index contributed by atoms with van der Waals surface area (Å²) in [5.41, 5.74) is 3.21. The average Bonchev–Trinajstić information content (AvgIpc) is 3.40. The van der Waals surface area contributed by atoms with Crippen LogP contribution in [-0.4, -0.2) is 21.7 Å². The quantitative estimate of drug-likeness (QED) is 0.465. The second-order valence-electron chi connectivity index (χ2n) is 7.47. The van der Waals surface area contributed by atoms with Gasteiger partial charge in [-0.3, -0.25) is 4.79 Å². The van der Waals surface area contributed by atoms with E-state index in [0.29, 0.717) is 17.1 Å². The first-order valence-corrected chi connectivity index (χ1v) is 10.2. The third-order valence-corrected chi connectivity index (χ3v) is 5.02. The molecule has 1 N–H and O–H groups in total. The number of benzene rings is 2. The Morgan fingerprint density at radius 2 is 1.73 bits per heavy atom. The Morgan fingerprint density at radius 1 is 1.03 bits per heavy atom. The standard InChI is InChI=1S/C25H25N3O2/c1-18(13-15-20-9-5-3-6-10-20)26-25(29)23-17-22(24-16-14-19(2)30-24)27-28(23)21-11-7-4-8-12-21/h3-12,14,16-18H,13,15H2,1-2H3,(H,26,29)/t18-/m0/s1. The molecule has 0 aliphatic rings. The van der Waals surface area contributed by atoms with Crippen LogP contribution in [0.1, 0.15) is 35.2 Å². The fourth-order valence-electron chi connectivity index (χ4n) is 3.40. The number of aryl methyl sites for hydroxylation is 2. The zero-order chi connectivity index (χ0) is 20.9. The highest BCUT2D eigenvalue weighted by molar-refractivity contribution is 5.94. The van der Waals surface area contributed by atoms with Crippen LogP contribution in [0.2, 0.25) is 0 Å². The number of amides is 1. The molecule has 0 bridgehead atoms. The maximum atomic E-state index is 13.1. The van der Waals surface area contributed by atoms with Gasteiger partial charge >= 0.3 is 0 Å². The van der Waals surface area contributed by atoms with Crippen LogP contribution in [0.5, 0.6) is 0 Å². The van der Waals surface area contributed by atoms with Crippen LogP contribution in [0.15, 0.2) is 83.3 Å². The fraction of sp³-hybridized carbons (Fsp3) is 0.200. The summed E-state index contributed by atoms with van der Waals surface area (Å²) in [7, 11) is 0. The van der Waals surface area contributed by atoms with Gasteiger partial charge in [-0.15, -0.1) is 0 Å². The van der Waals surface area contributed by atoms with Gasteiger partial charge < -0.3 is 9.73 Å². The lowest BCUT2D eigenvalue weighted by Crippen LogP contribution is -2.34.